The van der Waals surface area contributed by atoms with Crippen LogP contribution in [0.25, 0.3) is 0 Å². The van der Waals surface area contributed by atoms with Crippen LogP contribution in [0, 0.1) is 6.92 Å². The first kappa shape index (κ1) is 13.6. The minimum Gasteiger partial charge on any atom is -0.309 e. The van der Waals surface area contributed by atoms with Crippen LogP contribution in [0.2, 0.25) is 0 Å². The molecule has 0 saturated heterocycles. The van der Waals surface area contributed by atoms with Crippen LogP contribution < -0.4 is 5.32 Å². The van der Waals surface area contributed by atoms with Gasteiger partial charge in [0.05, 0.1) is 0 Å². The van der Waals surface area contributed by atoms with Gasteiger partial charge >= 0.3 is 0 Å². The lowest BCUT2D eigenvalue weighted by molar-refractivity contribution is 0.151. The van der Waals surface area contributed by atoms with Crippen molar-refractivity contribution in [3.63, 3.8) is 0 Å². The maximum absolute atomic E-state index is 12.4. The Morgan fingerprint density at radius 1 is 1.11 bits per heavy atom. The predicted octanol–water partition coefficient (Wildman–Crippen LogP) is 3.62. The van der Waals surface area contributed by atoms with E-state index in [9.17, 15) is 8.78 Å². The van der Waals surface area contributed by atoms with Crippen LogP contribution in [0.15, 0.2) is 42.7 Å². The third-order valence-electron chi connectivity index (χ3n) is 3.01. The van der Waals surface area contributed by atoms with Crippen molar-refractivity contribution in [1.29, 1.82) is 0 Å². The van der Waals surface area contributed by atoms with Crippen molar-refractivity contribution in [2.24, 2.45) is 0 Å². The van der Waals surface area contributed by atoms with Crippen LogP contribution in [-0.2, 0) is 13.1 Å². The molecule has 2 nitrogen and oxygen atoms in total. The average Bonchev–Trinajstić information content (AvgIpc) is 2.41. The van der Waals surface area contributed by atoms with Gasteiger partial charge < -0.3 is 5.32 Å². The largest absolute Gasteiger partial charge is 0.309 e. The fraction of sp³-hybridized carbons (Fsp3) is 0.267. The molecule has 0 unspecified atom stereocenters. The van der Waals surface area contributed by atoms with Crippen LogP contribution in [0.1, 0.15) is 28.7 Å². The molecule has 0 fully saturated rings. The highest BCUT2D eigenvalue weighted by molar-refractivity contribution is 5.24. The summed E-state index contributed by atoms with van der Waals surface area (Å²) in [5, 5.41) is 3.29. The van der Waals surface area contributed by atoms with E-state index >= 15 is 0 Å². The van der Waals surface area contributed by atoms with Gasteiger partial charge in [-0.3, -0.25) is 4.98 Å². The van der Waals surface area contributed by atoms with Gasteiger partial charge in [-0.1, -0.05) is 24.3 Å². The number of alkyl halides is 2. The molecule has 2 aromatic rings. The molecule has 0 aliphatic rings. The van der Waals surface area contributed by atoms with Gasteiger partial charge in [-0.25, -0.2) is 8.78 Å². The van der Waals surface area contributed by atoms with Gasteiger partial charge in [0.15, 0.2) is 0 Å². The van der Waals surface area contributed by atoms with Crippen molar-refractivity contribution in [3.05, 3.63) is 65.0 Å². The molecule has 19 heavy (non-hydrogen) atoms. The van der Waals surface area contributed by atoms with Crippen molar-refractivity contribution in [3.8, 4) is 0 Å². The fourth-order valence-electron chi connectivity index (χ4n) is 1.82. The Hall–Kier alpha value is -1.81. The summed E-state index contributed by atoms with van der Waals surface area (Å²) < 4.78 is 24.8. The molecule has 100 valence electrons. The Balaban J connectivity index is 1.87. The monoisotopic (exact) mass is 262 g/mol. The van der Waals surface area contributed by atoms with Gasteiger partial charge in [0.25, 0.3) is 6.43 Å². The van der Waals surface area contributed by atoms with Crippen molar-refractivity contribution >= 4 is 0 Å². The molecule has 0 amide bonds. The lowest BCUT2D eigenvalue weighted by Gasteiger charge is -2.08. The van der Waals surface area contributed by atoms with Crippen molar-refractivity contribution in [1.82, 2.24) is 10.3 Å². The molecular weight excluding hydrogens is 246 g/mol. The summed E-state index contributed by atoms with van der Waals surface area (Å²) in [6, 6.07) is 8.38. The first-order chi connectivity index (χ1) is 9.16. The summed E-state index contributed by atoms with van der Waals surface area (Å²) >= 11 is 0. The summed E-state index contributed by atoms with van der Waals surface area (Å²) in [5.41, 5.74) is 3.40. The molecule has 2 rings (SSSR count). The summed E-state index contributed by atoms with van der Waals surface area (Å²) in [7, 11) is 0. The van der Waals surface area contributed by atoms with Gasteiger partial charge in [-0.05, 0) is 29.7 Å². The van der Waals surface area contributed by atoms with E-state index < -0.39 is 6.43 Å². The Bertz CT molecular complexity index is 524. The minimum absolute atomic E-state index is 0.0636. The average molecular weight is 262 g/mol. The van der Waals surface area contributed by atoms with Crippen molar-refractivity contribution in [2.75, 3.05) is 0 Å². The number of hydrogen-bond donors (Lipinski definition) is 1. The van der Waals surface area contributed by atoms with Crippen LogP contribution in [0.3, 0.4) is 0 Å². The highest BCUT2D eigenvalue weighted by Gasteiger charge is 2.05. The highest BCUT2D eigenvalue weighted by Crippen LogP contribution is 2.18. The zero-order chi connectivity index (χ0) is 13.7. The van der Waals surface area contributed by atoms with Gasteiger partial charge in [-0.15, -0.1) is 0 Å². The Morgan fingerprint density at radius 3 is 2.47 bits per heavy atom. The Morgan fingerprint density at radius 2 is 1.84 bits per heavy atom. The smallest absolute Gasteiger partial charge is 0.263 e. The summed E-state index contributed by atoms with van der Waals surface area (Å²) in [4.78, 5) is 4.04. The molecule has 1 aromatic carbocycles. The first-order valence-corrected chi connectivity index (χ1v) is 6.14. The van der Waals surface area contributed by atoms with Crippen LogP contribution >= 0.6 is 0 Å². The number of benzene rings is 1. The molecule has 1 N–H and O–H groups in total. The zero-order valence-electron chi connectivity index (χ0n) is 10.7. The SMILES string of the molecule is Cc1cnccc1CNCc1ccc(C(F)F)cc1. The Labute approximate surface area is 111 Å². The van der Waals surface area contributed by atoms with E-state index in [1.807, 2.05) is 19.2 Å². The topological polar surface area (TPSA) is 24.9 Å². The maximum Gasteiger partial charge on any atom is 0.263 e. The third-order valence-corrected chi connectivity index (χ3v) is 3.01. The lowest BCUT2D eigenvalue weighted by atomic mass is 10.1. The van der Waals surface area contributed by atoms with E-state index in [0.717, 1.165) is 17.7 Å². The number of halogens is 2. The zero-order valence-corrected chi connectivity index (χ0v) is 10.7. The number of aryl methyl sites for hydroxylation is 1. The highest BCUT2D eigenvalue weighted by atomic mass is 19.3. The summed E-state index contributed by atoms with van der Waals surface area (Å²) in [6.45, 7) is 3.41. The van der Waals surface area contributed by atoms with E-state index in [1.54, 1.807) is 18.3 Å². The third kappa shape index (κ3) is 3.83. The number of hydrogen-bond acceptors (Lipinski definition) is 2. The molecule has 0 aliphatic heterocycles. The van der Waals surface area contributed by atoms with Crippen LogP contribution in [0.4, 0.5) is 8.78 Å². The number of nitrogens with one attached hydrogen (secondary N) is 1. The number of pyridine rings is 1. The summed E-state index contributed by atoms with van der Waals surface area (Å²) in [5.74, 6) is 0. The van der Waals surface area contributed by atoms with E-state index in [4.69, 9.17) is 0 Å². The molecule has 1 heterocycles. The second-order valence-electron chi connectivity index (χ2n) is 4.45. The number of nitrogens with zero attached hydrogens (tertiary/aromatic N) is 1. The van der Waals surface area contributed by atoms with E-state index in [1.165, 1.54) is 17.7 Å². The lowest BCUT2D eigenvalue weighted by Crippen LogP contribution is -2.13. The van der Waals surface area contributed by atoms with Crippen LogP contribution in [-0.4, -0.2) is 4.98 Å². The quantitative estimate of drug-likeness (QED) is 0.890. The second-order valence-corrected chi connectivity index (χ2v) is 4.45. The molecule has 0 bridgehead atoms. The molecule has 0 aliphatic carbocycles. The molecular formula is C15H16F2N2. The molecule has 4 heteroatoms. The van der Waals surface area contributed by atoms with Gasteiger partial charge in [0.2, 0.25) is 0 Å². The second kappa shape index (κ2) is 6.38. The predicted molar refractivity (Wildman–Crippen MR) is 70.9 cm³/mol. The normalized spacial score (nSPS) is 10.9. The van der Waals surface area contributed by atoms with E-state index in [0.29, 0.717) is 6.54 Å². The molecule has 0 atom stereocenters. The molecule has 0 spiro atoms. The van der Waals surface area contributed by atoms with Crippen molar-refractivity contribution < 1.29 is 8.78 Å². The first-order valence-electron chi connectivity index (χ1n) is 6.14. The van der Waals surface area contributed by atoms with Gasteiger partial charge in [-0.2, -0.15) is 0 Å². The maximum atomic E-state index is 12.4. The molecule has 0 saturated carbocycles. The summed E-state index contributed by atoms with van der Waals surface area (Å²) in [6.07, 6.45) is 1.19. The Kier molecular flexibility index (Phi) is 4.58. The standard InChI is InChI=1S/C15H16F2N2/c1-11-8-18-7-6-14(11)10-19-9-12-2-4-13(5-3-12)15(16)17/h2-8,15,19H,9-10H2,1H3. The fourth-order valence-corrected chi connectivity index (χ4v) is 1.82. The van der Waals surface area contributed by atoms with Gasteiger partial charge in [0.1, 0.15) is 0 Å². The molecule has 0 radical (unpaired) electrons. The van der Waals surface area contributed by atoms with Gasteiger partial charge in [0, 0.05) is 31.0 Å². The molecule has 1 aromatic heterocycles. The minimum atomic E-state index is -2.40. The van der Waals surface area contributed by atoms with Crippen molar-refractivity contribution in [2.45, 2.75) is 26.4 Å². The van der Waals surface area contributed by atoms with Crippen LogP contribution in [0.5, 0.6) is 0 Å². The number of aromatic nitrogens is 1. The van der Waals surface area contributed by atoms with E-state index in [2.05, 4.69) is 10.3 Å². The van der Waals surface area contributed by atoms with E-state index in [-0.39, 0.29) is 5.56 Å². The number of rotatable bonds is 5.